The van der Waals surface area contributed by atoms with Crippen LogP contribution in [0.5, 0.6) is 5.88 Å². The summed E-state index contributed by atoms with van der Waals surface area (Å²) < 4.78 is 12.4. The number of aromatic nitrogens is 3. The summed E-state index contributed by atoms with van der Waals surface area (Å²) in [7, 11) is 3.53. The van der Waals surface area contributed by atoms with Gasteiger partial charge in [0.1, 0.15) is 0 Å². The number of carbonyl (C=O) groups excluding carboxylic acids is 1. The molecular formula is C17H25N5O3. The minimum Gasteiger partial charge on any atom is -0.481 e. The molecule has 1 fully saturated rings. The molecule has 25 heavy (non-hydrogen) atoms. The number of anilines is 1. The molecule has 0 radical (unpaired) electrons. The predicted molar refractivity (Wildman–Crippen MR) is 92.5 cm³/mol. The van der Waals surface area contributed by atoms with Crippen LogP contribution < -0.4 is 10.1 Å². The molecule has 136 valence electrons. The van der Waals surface area contributed by atoms with Crippen LogP contribution in [0.25, 0.3) is 0 Å². The topological polar surface area (TPSA) is 85.4 Å². The van der Waals surface area contributed by atoms with Gasteiger partial charge in [-0.2, -0.15) is 5.10 Å². The van der Waals surface area contributed by atoms with E-state index in [9.17, 15) is 4.79 Å². The molecule has 0 unspecified atom stereocenters. The van der Waals surface area contributed by atoms with Crippen LogP contribution in [0.1, 0.15) is 42.8 Å². The number of hydrogen-bond donors (Lipinski definition) is 1. The van der Waals surface area contributed by atoms with E-state index in [0.717, 1.165) is 42.2 Å². The fourth-order valence-electron chi connectivity index (χ4n) is 3.64. The molecule has 8 nitrogen and oxygen atoms in total. The number of carbonyl (C=O) groups is 1. The Balaban J connectivity index is 1.80. The van der Waals surface area contributed by atoms with Crippen molar-refractivity contribution in [3.8, 4) is 5.88 Å². The van der Waals surface area contributed by atoms with Crippen molar-refractivity contribution in [2.45, 2.75) is 45.7 Å². The fourth-order valence-corrected chi connectivity index (χ4v) is 3.64. The Morgan fingerprint density at radius 3 is 2.88 bits per heavy atom. The van der Waals surface area contributed by atoms with E-state index >= 15 is 0 Å². The van der Waals surface area contributed by atoms with Crippen molar-refractivity contribution in [2.75, 3.05) is 19.0 Å². The summed E-state index contributed by atoms with van der Waals surface area (Å²) in [5.41, 5.74) is 2.74. The third kappa shape index (κ3) is 3.26. The molecule has 1 aliphatic rings. The van der Waals surface area contributed by atoms with Crippen LogP contribution in [0.15, 0.2) is 10.6 Å². The first-order valence-corrected chi connectivity index (χ1v) is 8.49. The van der Waals surface area contributed by atoms with Gasteiger partial charge < -0.3 is 9.26 Å². The predicted octanol–water partition coefficient (Wildman–Crippen LogP) is 2.20. The molecule has 3 heterocycles. The first-order chi connectivity index (χ1) is 11.9. The Morgan fingerprint density at radius 2 is 2.24 bits per heavy atom. The number of nitrogens with one attached hydrogen (secondary N) is 1. The number of methoxy groups -OCH3 is 1. The molecular weight excluding hydrogens is 322 g/mol. The highest BCUT2D eigenvalue weighted by atomic mass is 16.5. The van der Waals surface area contributed by atoms with Gasteiger partial charge in [0, 0.05) is 19.2 Å². The van der Waals surface area contributed by atoms with E-state index in [0.29, 0.717) is 5.88 Å². The van der Waals surface area contributed by atoms with E-state index in [1.807, 2.05) is 27.8 Å². The second-order valence-corrected chi connectivity index (χ2v) is 6.53. The third-order valence-electron chi connectivity index (χ3n) is 4.79. The fraction of sp³-hybridized carbons (Fsp3) is 0.588. The second kappa shape index (κ2) is 6.87. The zero-order valence-electron chi connectivity index (χ0n) is 15.4. The second-order valence-electron chi connectivity index (χ2n) is 6.53. The van der Waals surface area contributed by atoms with Gasteiger partial charge in [0.2, 0.25) is 17.7 Å². The van der Waals surface area contributed by atoms with Crippen LogP contribution in [0, 0.1) is 13.8 Å². The van der Waals surface area contributed by atoms with Gasteiger partial charge in [-0.25, -0.2) is 4.68 Å². The van der Waals surface area contributed by atoms with Gasteiger partial charge in [-0.3, -0.25) is 15.0 Å². The minimum absolute atomic E-state index is 0.108. The number of nitrogens with zero attached hydrogens (tertiary/aromatic N) is 4. The first kappa shape index (κ1) is 17.5. The molecule has 1 N–H and O–H groups in total. The average Bonchev–Trinajstić information content (AvgIpc) is 3.25. The molecule has 0 aliphatic carbocycles. The molecule has 2 aromatic rings. The van der Waals surface area contributed by atoms with Gasteiger partial charge in [0.15, 0.2) is 0 Å². The smallest absolute Gasteiger partial charge is 0.243 e. The number of likely N-dealkylation sites (tertiary alicyclic amines) is 1. The Hall–Kier alpha value is -2.35. The van der Waals surface area contributed by atoms with Crippen LogP contribution in [-0.2, 0) is 11.8 Å². The van der Waals surface area contributed by atoms with Crippen molar-refractivity contribution in [1.82, 2.24) is 19.8 Å². The average molecular weight is 347 g/mol. The summed E-state index contributed by atoms with van der Waals surface area (Å²) >= 11 is 0. The quantitative estimate of drug-likeness (QED) is 0.892. The molecule has 3 rings (SSSR count). The maximum Gasteiger partial charge on any atom is 0.243 e. The lowest BCUT2D eigenvalue weighted by molar-refractivity contribution is -0.121. The van der Waals surface area contributed by atoms with Crippen molar-refractivity contribution in [1.29, 1.82) is 0 Å². The molecule has 2 atom stereocenters. The van der Waals surface area contributed by atoms with Crippen LogP contribution in [0.3, 0.4) is 0 Å². The number of ether oxygens (including phenoxy) is 1. The molecule has 1 saturated heterocycles. The minimum atomic E-state index is -0.304. The van der Waals surface area contributed by atoms with E-state index in [2.05, 4.69) is 20.5 Å². The number of aryl methyl sites for hydroxylation is 3. The number of amides is 1. The van der Waals surface area contributed by atoms with Crippen LogP contribution in [0.4, 0.5) is 5.88 Å². The van der Waals surface area contributed by atoms with Gasteiger partial charge in [-0.1, -0.05) is 5.16 Å². The zero-order chi connectivity index (χ0) is 18.1. The first-order valence-electron chi connectivity index (χ1n) is 8.49. The van der Waals surface area contributed by atoms with Gasteiger partial charge in [-0.15, -0.1) is 0 Å². The highest BCUT2D eigenvalue weighted by molar-refractivity contribution is 5.93. The molecule has 8 heteroatoms. The van der Waals surface area contributed by atoms with Crippen molar-refractivity contribution < 1.29 is 14.1 Å². The SMILES string of the molecule is COc1c([C@@H]2CCCN2[C@@H](C)C(=O)Nc2cc(C)no2)c(C)nn1C. The Kier molecular flexibility index (Phi) is 4.80. The van der Waals surface area contributed by atoms with Crippen LogP contribution >= 0.6 is 0 Å². The molecule has 2 aromatic heterocycles. The standard InChI is InChI=1S/C17H25N5O3/c1-10-9-14(25-20-10)18-16(23)12(3)22-8-6-7-13(22)15-11(2)19-21(4)17(15)24-5/h9,12-13H,6-8H2,1-5H3,(H,18,23)/t12-,13-/m0/s1. The van der Waals surface area contributed by atoms with Gasteiger partial charge in [-0.05, 0) is 40.2 Å². The van der Waals surface area contributed by atoms with Gasteiger partial charge >= 0.3 is 0 Å². The lowest BCUT2D eigenvalue weighted by Crippen LogP contribution is -2.41. The van der Waals surface area contributed by atoms with Gasteiger partial charge in [0.05, 0.1) is 30.1 Å². The van der Waals surface area contributed by atoms with Crippen molar-refractivity contribution in [2.24, 2.45) is 7.05 Å². The Morgan fingerprint density at radius 1 is 1.48 bits per heavy atom. The molecule has 0 spiro atoms. The third-order valence-corrected chi connectivity index (χ3v) is 4.79. The largest absolute Gasteiger partial charge is 0.481 e. The van der Waals surface area contributed by atoms with Gasteiger partial charge in [0.25, 0.3) is 0 Å². The summed E-state index contributed by atoms with van der Waals surface area (Å²) in [6.07, 6.45) is 2.00. The molecule has 0 bridgehead atoms. The number of hydrogen-bond acceptors (Lipinski definition) is 6. The van der Waals surface area contributed by atoms with Crippen LogP contribution in [0.2, 0.25) is 0 Å². The molecule has 0 aromatic carbocycles. The maximum atomic E-state index is 12.6. The van der Waals surface area contributed by atoms with E-state index < -0.39 is 0 Å². The van der Waals surface area contributed by atoms with Crippen molar-refractivity contribution >= 4 is 11.8 Å². The lowest BCUT2D eigenvalue weighted by atomic mass is 10.0. The Labute approximate surface area is 147 Å². The molecule has 1 amide bonds. The summed E-state index contributed by atoms with van der Waals surface area (Å²) in [6.45, 7) is 6.56. The van der Waals surface area contributed by atoms with Crippen LogP contribution in [-0.4, -0.2) is 45.4 Å². The normalized spacial score (nSPS) is 19.2. The van der Waals surface area contributed by atoms with E-state index in [4.69, 9.17) is 9.26 Å². The molecule has 0 saturated carbocycles. The van der Waals surface area contributed by atoms with Crippen molar-refractivity contribution in [3.63, 3.8) is 0 Å². The number of rotatable bonds is 5. The summed E-state index contributed by atoms with van der Waals surface area (Å²) in [5, 5.41) is 11.1. The summed E-state index contributed by atoms with van der Waals surface area (Å²) in [5.74, 6) is 1.02. The summed E-state index contributed by atoms with van der Waals surface area (Å²) in [6, 6.07) is 1.52. The zero-order valence-corrected chi connectivity index (χ0v) is 15.4. The van der Waals surface area contributed by atoms with E-state index in [1.165, 1.54) is 0 Å². The molecule has 1 aliphatic heterocycles. The van der Waals surface area contributed by atoms with E-state index in [-0.39, 0.29) is 18.0 Å². The lowest BCUT2D eigenvalue weighted by Gasteiger charge is -2.29. The summed E-state index contributed by atoms with van der Waals surface area (Å²) in [4.78, 5) is 14.8. The van der Waals surface area contributed by atoms with E-state index in [1.54, 1.807) is 17.9 Å². The Bertz CT molecular complexity index is 766. The monoisotopic (exact) mass is 347 g/mol. The highest BCUT2D eigenvalue weighted by Crippen LogP contribution is 2.39. The highest BCUT2D eigenvalue weighted by Gasteiger charge is 2.37. The van der Waals surface area contributed by atoms with Crippen molar-refractivity contribution in [3.05, 3.63) is 23.0 Å². The maximum absolute atomic E-state index is 12.6.